The van der Waals surface area contributed by atoms with Gasteiger partial charge in [-0.3, -0.25) is 10.1 Å². The van der Waals surface area contributed by atoms with E-state index in [1.807, 2.05) is 19.9 Å². The summed E-state index contributed by atoms with van der Waals surface area (Å²) in [6.07, 6.45) is 1.72. The standard InChI is InChI=1S/C19H21N3O2/c1-10-6-11(2)17(12(3)7-10)22-13(4)8-15(14(22)5)9-16-18(23)21-19(24)20-16/h6-9H,1-5H3,(H2,20,21,23,24)/b16-9-. The monoisotopic (exact) mass is 323 g/mol. The van der Waals surface area contributed by atoms with E-state index in [2.05, 4.69) is 48.1 Å². The van der Waals surface area contributed by atoms with Crippen molar-refractivity contribution < 1.29 is 9.59 Å². The molecule has 3 amide bonds. The number of rotatable bonds is 2. The number of amides is 3. The Morgan fingerprint density at radius 2 is 1.54 bits per heavy atom. The first-order valence-electron chi connectivity index (χ1n) is 7.89. The Morgan fingerprint density at radius 1 is 0.917 bits per heavy atom. The lowest BCUT2D eigenvalue weighted by atomic mass is 10.0. The molecule has 1 aromatic heterocycles. The van der Waals surface area contributed by atoms with Crippen LogP contribution in [0.15, 0.2) is 23.9 Å². The summed E-state index contributed by atoms with van der Waals surface area (Å²) in [6, 6.07) is 5.89. The molecule has 2 aromatic rings. The Hall–Kier alpha value is -2.82. The number of urea groups is 1. The van der Waals surface area contributed by atoms with Gasteiger partial charge in [0.15, 0.2) is 0 Å². The molecule has 1 aliphatic rings. The van der Waals surface area contributed by atoms with Crippen LogP contribution >= 0.6 is 0 Å². The van der Waals surface area contributed by atoms with Crippen molar-refractivity contribution in [2.24, 2.45) is 0 Å². The van der Waals surface area contributed by atoms with E-state index in [0.717, 1.165) is 17.0 Å². The molecule has 1 fully saturated rings. The molecule has 1 saturated heterocycles. The summed E-state index contributed by atoms with van der Waals surface area (Å²) in [6.45, 7) is 10.4. The highest BCUT2D eigenvalue weighted by atomic mass is 16.2. The Bertz CT molecular complexity index is 881. The number of hydrogen-bond acceptors (Lipinski definition) is 2. The van der Waals surface area contributed by atoms with Gasteiger partial charge >= 0.3 is 6.03 Å². The van der Waals surface area contributed by atoms with Crippen molar-refractivity contribution in [2.45, 2.75) is 34.6 Å². The number of benzene rings is 1. The van der Waals surface area contributed by atoms with Gasteiger partial charge in [-0.05, 0) is 63.5 Å². The van der Waals surface area contributed by atoms with Gasteiger partial charge in [0, 0.05) is 11.4 Å². The zero-order valence-corrected chi connectivity index (χ0v) is 14.6. The molecule has 2 heterocycles. The lowest BCUT2D eigenvalue weighted by Gasteiger charge is -2.17. The first-order chi connectivity index (χ1) is 11.3. The highest BCUT2D eigenvalue weighted by Crippen LogP contribution is 2.28. The topological polar surface area (TPSA) is 63.1 Å². The molecule has 5 heteroatoms. The zero-order valence-electron chi connectivity index (χ0n) is 14.6. The maximum atomic E-state index is 11.7. The van der Waals surface area contributed by atoms with Crippen molar-refractivity contribution in [3.8, 4) is 5.69 Å². The summed E-state index contributed by atoms with van der Waals surface area (Å²) in [5, 5.41) is 4.75. The number of carbonyl (C=O) groups excluding carboxylic acids is 2. The fourth-order valence-corrected chi connectivity index (χ4v) is 3.44. The number of nitrogens with zero attached hydrogens (tertiary/aromatic N) is 1. The third-order valence-electron chi connectivity index (χ3n) is 4.35. The summed E-state index contributed by atoms with van der Waals surface area (Å²) in [5.74, 6) is -0.396. The fraction of sp³-hybridized carbons (Fsp3) is 0.263. The molecule has 3 rings (SSSR count). The van der Waals surface area contributed by atoms with Gasteiger partial charge in [0.2, 0.25) is 0 Å². The first-order valence-corrected chi connectivity index (χ1v) is 7.89. The summed E-state index contributed by atoms with van der Waals surface area (Å²) in [4.78, 5) is 23.0. The highest BCUT2D eigenvalue weighted by molar-refractivity contribution is 6.14. The Balaban J connectivity index is 2.14. The number of nitrogens with one attached hydrogen (secondary N) is 2. The molecule has 0 unspecified atom stereocenters. The minimum Gasteiger partial charge on any atom is -0.317 e. The Labute approximate surface area is 141 Å². The number of aryl methyl sites for hydroxylation is 4. The van der Waals surface area contributed by atoms with E-state index in [1.165, 1.54) is 22.4 Å². The van der Waals surface area contributed by atoms with Crippen molar-refractivity contribution >= 4 is 18.0 Å². The second kappa shape index (κ2) is 5.67. The smallest absolute Gasteiger partial charge is 0.317 e. The minimum absolute atomic E-state index is 0.276. The van der Waals surface area contributed by atoms with Crippen LogP contribution in [0.4, 0.5) is 4.79 Å². The third-order valence-corrected chi connectivity index (χ3v) is 4.35. The van der Waals surface area contributed by atoms with Crippen LogP contribution in [0.5, 0.6) is 0 Å². The van der Waals surface area contributed by atoms with Gasteiger partial charge in [0.1, 0.15) is 5.70 Å². The average molecular weight is 323 g/mol. The van der Waals surface area contributed by atoms with Crippen LogP contribution in [0.3, 0.4) is 0 Å². The first kappa shape index (κ1) is 16.1. The van der Waals surface area contributed by atoms with Crippen molar-refractivity contribution in [3.05, 3.63) is 57.5 Å². The van der Waals surface area contributed by atoms with Crippen molar-refractivity contribution in [2.75, 3.05) is 0 Å². The molecule has 2 N–H and O–H groups in total. The molecular weight excluding hydrogens is 302 g/mol. The molecule has 1 aromatic carbocycles. The van der Waals surface area contributed by atoms with Crippen molar-refractivity contribution in [1.82, 2.24) is 15.2 Å². The fourth-order valence-electron chi connectivity index (χ4n) is 3.44. The van der Waals surface area contributed by atoms with E-state index >= 15 is 0 Å². The van der Waals surface area contributed by atoms with Crippen LogP contribution in [0.25, 0.3) is 11.8 Å². The second-order valence-corrected chi connectivity index (χ2v) is 6.38. The molecule has 5 nitrogen and oxygen atoms in total. The van der Waals surface area contributed by atoms with Crippen LogP contribution < -0.4 is 10.6 Å². The summed E-state index contributed by atoms with van der Waals surface area (Å²) >= 11 is 0. The molecule has 124 valence electrons. The molecule has 0 aliphatic carbocycles. The van der Waals surface area contributed by atoms with Crippen LogP contribution in [-0.2, 0) is 4.79 Å². The summed E-state index contributed by atoms with van der Waals surface area (Å²) in [5.41, 5.74) is 8.13. The van der Waals surface area contributed by atoms with Crippen LogP contribution in [0.2, 0.25) is 0 Å². The van der Waals surface area contributed by atoms with Gasteiger partial charge in [-0.25, -0.2) is 4.79 Å². The van der Waals surface area contributed by atoms with Crippen LogP contribution in [0, 0.1) is 34.6 Å². The predicted octanol–water partition coefficient (Wildman–Crippen LogP) is 3.20. The molecule has 0 radical (unpaired) electrons. The molecule has 1 aliphatic heterocycles. The SMILES string of the molecule is Cc1cc(C)c(-n2c(C)cc(/C=C3\NC(=O)NC3=O)c2C)c(C)c1. The van der Waals surface area contributed by atoms with E-state index in [-0.39, 0.29) is 5.70 Å². The predicted molar refractivity (Wildman–Crippen MR) is 94.1 cm³/mol. The van der Waals surface area contributed by atoms with E-state index < -0.39 is 11.9 Å². The lowest BCUT2D eigenvalue weighted by Crippen LogP contribution is -2.22. The van der Waals surface area contributed by atoms with Crippen molar-refractivity contribution in [1.29, 1.82) is 0 Å². The van der Waals surface area contributed by atoms with Gasteiger partial charge in [-0.15, -0.1) is 0 Å². The van der Waals surface area contributed by atoms with E-state index in [0.29, 0.717) is 0 Å². The number of aromatic nitrogens is 1. The summed E-state index contributed by atoms with van der Waals surface area (Å²) < 4.78 is 2.20. The van der Waals surface area contributed by atoms with Gasteiger partial charge in [-0.1, -0.05) is 17.7 Å². The largest absolute Gasteiger partial charge is 0.326 e. The van der Waals surface area contributed by atoms with Gasteiger partial charge in [-0.2, -0.15) is 0 Å². The van der Waals surface area contributed by atoms with Gasteiger partial charge < -0.3 is 9.88 Å². The molecule has 0 atom stereocenters. The molecular formula is C19H21N3O2. The Kier molecular flexibility index (Phi) is 3.79. The number of carbonyl (C=O) groups is 2. The van der Waals surface area contributed by atoms with Crippen LogP contribution in [0.1, 0.15) is 33.6 Å². The number of imide groups is 1. The van der Waals surface area contributed by atoms with E-state index in [1.54, 1.807) is 6.08 Å². The van der Waals surface area contributed by atoms with Gasteiger partial charge in [0.05, 0.1) is 5.69 Å². The molecule has 24 heavy (non-hydrogen) atoms. The molecule has 0 spiro atoms. The maximum Gasteiger partial charge on any atom is 0.326 e. The second-order valence-electron chi connectivity index (χ2n) is 6.38. The molecule has 0 bridgehead atoms. The van der Waals surface area contributed by atoms with E-state index in [9.17, 15) is 9.59 Å². The van der Waals surface area contributed by atoms with E-state index in [4.69, 9.17) is 0 Å². The maximum absolute atomic E-state index is 11.7. The third kappa shape index (κ3) is 2.62. The van der Waals surface area contributed by atoms with Crippen molar-refractivity contribution in [3.63, 3.8) is 0 Å². The van der Waals surface area contributed by atoms with Gasteiger partial charge in [0.25, 0.3) is 5.91 Å². The number of hydrogen-bond donors (Lipinski definition) is 2. The summed E-state index contributed by atoms with van der Waals surface area (Å²) in [7, 11) is 0. The highest BCUT2D eigenvalue weighted by Gasteiger charge is 2.23. The zero-order chi connectivity index (χ0) is 17.6. The normalized spacial score (nSPS) is 15.8. The average Bonchev–Trinajstić information content (AvgIpc) is 2.91. The Morgan fingerprint density at radius 3 is 2.08 bits per heavy atom. The molecule has 0 saturated carbocycles. The minimum atomic E-state index is -0.481. The quantitative estimate of drug-likeness (QED) is 0.658. The lowest BCUT2D eigenvalue weighted by molar-refractivity contribution is -0.115. The van der Waals surface area contributed by atoms with Crippen LogP contribution in [-0.4, -0.2) is 16.5 Å².